The lowest BCUT2D eigenvalue weighted by molar-refractivity contribution is 0.102. The molecule has 1 aromatic heterocycles. The molecule has 26 heavy (non-hydrogen) atoms. The van der Waals surface area contributed by atoms with E-state index in [1.807, 2.05) is 19.1 Å². The number of amides is 1. The van der Waals surface area contributed by atoms with Crippen molar-refractivity contribution in [2.24, 2.45) is 0 Å². The van der Waals surface area contributed by atoms with Gasteiger partial charge < -0.3 is 10.6 Å². The molecule has 0 saturated carbocycles. The third-order valence-corrected chi connectivity index (χ3v) is 4.12. The maximum Gasteiger partial charge on any atom is 0.274 e. The van der Waals surface area contributed by atoms with Crippen LogP contribution in [-0.4, -0.2) is 15.9 Å². The molecule has 0 aliphatic carbocycles. The van der Waals surface area contributed by atoms with Crippen LogP contribution in [0.25, 0.3) is 0 Å². The molecule has 7 heteroatoms. The molecular formula is C19H16Cl2N4O. The van der Waals surface area contributed by atoms with E-state index in [1.165, 1.54) is 0 Å². The van der Waals surface area contributed by atoms with Crippen molar-refractivity contribution in [3.63, 3.8) is 0 Å². The van der Waals surface area contributed by atoms with Gasteiger partial charge in [-0.25, -0.2) is 9.97 Å². The zero-order valence-corrected chi connectivity index (χ0v) is 15.7. The van der Waals surface area contributed by atoms with Crippen molar-refractivity contribution in [3.8, 4) is 0 Å². The first-order chi connectivity index (χ1) is 12.4. The monoisotopic (exact) mass is 386 g/mol. The number of anilines is 3. The average molecular weight is 387 g/mol. The Bertz CT molecular complexity index is 958. The zero-order valence-electron chi connectivity index (χ0n) is 14.2. The van der Waals surface area contributed by atoms with Gasteiger partial charge in [0.05, 0.1) is 0 Å². The Morgan fingerprint density at radius 3 is 2.35 bits per heavy atom. The number of hydrogen-bond acceptors (Lipinski definition) is 4. The Kier molecular flexibility index (Phi) is 5.40. The molecule has 0 spiro atoms. The van der Waals surface area contributed by atoms with Crippen LogP contribution in [0.4, 0.5) is 17.3 Å². The highest BCUT2D eigenvalue weighted by molar-refractivity contribution is 6.31. The first-order valence-electron chi connectivity index (χ1n) is 7.86. The van der Waals surface area contributed by atoms with Gasteiger partial charge in [-0.2, -0.15) is 0 Å². The number of aromatic nitrogens is 2. The Labute approximate surface area is 161 Å². The lowest BCUT2D eigenvalue weighted by Gasteiger charge is -2.11. The highest BCUT2D eigenvalue weighted by Gasteiger charge is 2.12. The fraction of sp³-hybridized carbons (Fsp3) is 0.105. The summed E-state index contributed by atoms with van der Waals surface area (Å²) in [6.45, 7) is 3.75. The number of carbonyl (C=O) groups excluding carboxylic acids is 1. The summed E-state index contributed by atoms with van der Waals surface area (Å²) < 4.78 is 0. The summed E-state index contributed by atoms with van der Waals surface area (Å²) in [7, 11) is 0. The Hall–Kier alpha value is -2.63. The molecule has 5 nitrogen and oxygen atoms in total. The molecule has 0 fully saturated rings. The number of carbonyl (C=O) groups is 1. The van der Waals surface area contributed by atoms with Crippen molar-refractivity contribution in [1.29, 1.82) is 0 Å². The van der Waals surface area contributed by atoms with Gasteiger partial charge in [-0.1, -0.05) is 29.3 Å². The number of rotatable bonds is 4. The van der Waals surface area contributed by atoms with Gasteiger partial charge in [0.25, 0.3) is 5.91 Å². The van der Waals surface area contributed by atoms with E-state index in [4.69, 9.17) is 23.2 Å². The lowest BCUT2D eigenvalue weighted by Crippen LogP contribution is -2.15. The second-order valence-electron chi connectivity index (χ2n) is 5.76. The summed E-state index contributed by atoms with van der Waals surface area (Å²) in [6, 6.07) is 14.0. The largest absolute Gasteiger partial charge is 0.324 e. The van der Waals surface area contributed by atoms with Gasteiger partial charge in [0.15, 0.2) is 0 Å². The summed E-state index contributed by atoms with van der Waals surface area (Å²) in [5.41, 5.74) is 3.34. The predicted octanol–water partition coefficient (Wildman–Crippen LogP) is 5.40. The van der Waals surface area contributed by atoms with Crippen molar-refractivity contribution in [3.05, 3.63) is 75.5 Å². The van der Waals surface area contributed by atoms with Crippen LogP contribution >= 0.6 is 23.2 Å². The lowest BCUT2D eigenvalue weighted by atomic mass is 10.2. The number of halogens is 2. The van der Waals surface area contributed by atoms with Crippen LogP contribution in [0.1, 0.15) is 21.7 Å². The molecule has 0 saturated heterocycles. The number of hydrogen-bond donors (Lipinski definition) is 2. The van der Waals surface area contributed by atoms with Crippen LogP contribution in [0.5, 0.6) is 0 Å². The van der Waals surface area contributed by atoms with Gasteiger partial charge in [0.2, 0.25) is 5.95 Å². The average Bonchev–Trinajstić information content (AvgIpc) is 2.59. The molecule has 2 aromatic carbocycles. The van der Waals surface area contributed by atoms with E-state index in [2.05, 4.69) is 20.6 Å². The van der Waals surface area contributed by atoms with Crippen molar-refractivity contribution in [2.45, 2.75) is 13.8 Å². The summed E-state index contributed by atoms with van der Waals surface area (Å²) >= 11 is 11.9. The van der Waals surface area contributed by atoms with E-state index in [-0.39, 0.29) is 11.6 Å². The summed E-state index contributed by atoms with van der Waals surface area (Å²) in [4.78, 5) is 21.1. The second kappa shape index (κ2) is 7.72. The number of nitrogens with one attached hydrogen (secondary N) is 2. The van der Waals surface area contributed by atoms with E-state index in [9.17, 15) is 4.79 Å². The molecule has 2 N–H and O–H groups in total. The van der Waals surface area contributed by atoms with Crippen LogP contribution in [0.2, 0.25) is 10.0 Å². The molecule has 0 radical (unpaired) electrons. The van der Waals surface area contributed by atoms with Gasteiger partial charge in [-0.05, 0) is 61.9 Å². The van der Waals surface area contributed by atoms with Crippen molar-refractivity contribution < 1.29 is 4.79 Å². The minimum absolute atomic E-state index is 0.259. The standard InChI is InChI=1S/C19H16Cl2N4O/c1-11-3-4-14(21)10-16(11)24-19-22-12(2)9-17(25-19)18(26)23-15-7-5-13(20)6-8-15/h3-10H,1-2H3,(H,23,26)(H,22,24,25). The van der Waals surface area contributed by atoms with Crippen LogP contribution in [0.3, 0.4) is 0 Å². The molecule has 0 atom stereocenters. The van der Waals surface area contributed by atoms with Crippen LogP contribution in [0.15, 0.2) is 48.5 Å². The van der Waals surface area contributed by atoms with Gasteiger partial charge in [-0.15, -0.1) is 0 Å². The molecule has 132 valence electrons. The predicted molar refractivity (Wildman–Crippen MR) is 106 cm³/mol. The smallest absolute Gasteiger partial charge is 0.274 e. The van der Waals surface area contributed by atoms with Crippen LogP contribution in [0, 0.1) is 13.8 Å². The van der Waals surface area contributed by atoms with Gasteiger partial charge in [0.1, 0.15) is 5.69 Å². The highest BCUT2D eigenvalue weighted by atomic mass is 35.5. The fourth-order valence-corrected chi connectivity index (χ4v) is 2.62. The SMILES string of the molecule is Cc1cc(C(=O)Nc2ccc(Cl)cc2)nc(Nc2cc(Cl)ccc2C)n1. The zero-order chi connectivity index (χ0) is 18.7. The van der Waals surface area contributed by atoms with Gasteiger partial charge in [0, 0.05) is 27.1 Å². The minimum atomic E-state index is -0.330. The van der Waals surface area contributed by atoms with Crippen molar-refractivity contribution in [1.82, 2.24) is 9.97 Å². The Balaban J connectivity index is 1.83. The number of benzene rings is 2. The Morgan fingerprint density at radius 2 is 1.62 bits per heavy atom. The third kappa shape index (κ3) is 4.50. The molecule has 0 aliphatic heterocycles. The first-order valence-corrected chi connectivity index (χ1v) is 8.62. The molecule has 0 unspecified atom stereocenters. The maximum atomic E-state index is 12.5. The van der Waals surface area contributed by atoms with E-state index in [0.29, 0.717) is 27.4 Å². The summed E-state index contributed by atoms with van der Waals surface area (Å²) in [6.07, 6.45) is 0. The first kappa shape index (κ1) is 18.2. The van der Waals surface area contributed by atoms with E-state index < -0.39 is 0 Å². The number of aryl methyl sites for hydroxylation is 2. The topological polar surface area (TPSA) is 66.9 Å². The van der Waals surface area contributed by atoms with Gasteiger partial charge in [-0.3, -0.25) is 4.79 Å². The quantitative estimate of drug-likeness (QED) is 0.629. The third-order valence-electron chi connectivity index (χ3n) is 3.64. The molecule has 3 aromatic rings. The van der Waals surface area contributed by atoms with Crippen molar-refractivity contribution in [2.75, 3.05) is 10.6 Å². The molecular weight excluding hydrogens is 371 g/mol. The molecule has 1 heterocycles. The van der Waals surface area contributed by atoms with Gasteiger partial charge >= 0.3 is 0 Å². The molecule has 0 bridgehead atoms. The summed E-state index contributed by atoms with van der Waals surface area (Å²) in [5.74, 6) is 0.000288. The number of nitrogens with zero attached hydrogens (tertiary/aromatic N) is 2. The normalized spacial score (nSPS) is 10.5. The van der Waals surface area contributed by atoms with E-state index in [0.717, 1.165) is 11.3 Å². The molecule has 3 rings (SSSR count). The van der Waals surface area contributed by atoms with Crippen molar-refractivity contribution >= 4 is 46.4 Å². The maximum absolute atomic E-state index is 12.5. The fourth-order valence-electron chi connectivity index (χ4n) is 2.32. The van der Waals surface area contributed by atoms with Crippen LogP contribution < -0.4 is 10.6 Å². The highest BCUT2D eigenvalue weighted by Crippen LogP contribution is 2.23. The van der Waals surface area contributed by atoms with E-state index in [1.54, 1.807) is 43.3 Å². The molecule has 0 aliphatic rings. The second-order valence-corrected chi connectivity index (χ2v) is 6.64. The van der Waals surface area contributed by atoms with Crippen LogP contribution in [-0.2, 0) is 0 Å². The van der Waals surface area contributed by atoms with E-state index >= 15 is 0 Å². The molecule has 1 amide bonds. The minimum Gasteiger partial charge on any atom is -0.324 e. The Morgan fingerprint density at radius 1 is 0.923 bits per heavy atom. The summed E-state index contributed by atoms with van der Waals surface area (Å²) in [5, 5.41) is 7.11.